The van der Waals surface area contributed by atoms with Gasteiger partial charge < -0.3 is 20.2 Å². The molecule has 20 heavy (non-hydrogen) atoms. The summed E-state index contributed by atoms with van der Waals surface area (Å²) < 4.78 is 24.0. The third-order valence-electron chi connectivity index (χ3n) is 3.42. The molecule has 1 heterocycles. The fraction of sp³-hybridized carbons (Fsp3) is 0.500. The summed E-state index contributed by atoms with van der Waals surface area (Å²) in [6.45, 7) is 6.13. The first-order valence-electron chi connectivity index (χ1n) is 6.31. The molecule has 0 aromatic heterocycles. The van der Waals surface area contributed by atoms with Crippen LogP contribution in [0.1, 0.15) is 25.5 Å². The van der Waals surface area contributed by atoms with Crippen molar-refractivity contribution in [3.05, 3.63) is 45.2 Å². The lowest BCUT2D eigenvalue weighted by molar-refractivity contribution is -0.925. The standard InChI is InChI=1S/C12H17NO2S.NO3/c1-3-13(4-2)11-9-16(14,15)12-8-6-5-7-10(11)12;2-1(3)4/h5-8,11H,3-4,9H2,1-2H3;/q;-1/p+1. The topological polar surface area (TPSA) is 105 Å². The van der Waals surface area contributed by atoms with Crippen molar-refractivity contribution in [2.75, 3.05) is 18.8 Å². The molecule has 1 aliphatic rings. The molecule has 0 bridgehead atoms. The summed E-state index contributed by atoms with van der Waals surface area (Å²) in [7, 11) is -3.04. The van der Waals surface area contributed by atoms with Gasteiger partial charge in [-0.1, -0.05) is 18.2 Å². The molecule has 8 heteroatoms. The molecule has 1 unspecified atom stereocenters. The van der Waals surface area contributed by atoms with Crippen molar-refractivity contribution in [1.29, 1.82) is 0 Å². The van der Waals surface area contributed by atoms with Gasteiger partial charge in [0.2, 0.25) is 0 Å². The van der Waals surface area contributed by atoms with Gasteiger partial charge in [0.25, 0.3) is 0 Å². The fourth-order valence-corrected chi connectivity index (χ4v) is 4.42. The summed E-state index contributed by atoms with van der Waals surface area (Å²) in [5, 5.41) is 14.8. The van der Waals surface area contributed by atoms with Gasteiger partial charge in [-0.25, -0.2) is 8.42 Å². The molecule has 1 aromatic carbocycles. The third-order valence-corrected chi connectivity index (χ3v) is 5.23. The van der Waals surface area contributed by atoms with E-state index in [4.69, 9.17) is 15.3 Å². The smallest absolute Gasteiger partial charge is 0.185 e. The number of nitrogens with zero attached hydrogens (tertiary/aromatic N) is 1. The molecule has 112 valence electrons. The van der Waals surface area contributed by atoms with Crippen LogP contribution in [0.25, 0.3) is 0 Å². The van der Waals surface area contributed by atoms with Crippen molar-refractivity contribution < 1.29 is 18.4 Å². The highest BCUT2D eigenvalue weighted by molar-refractivity contribution is 7.91. The molecule has 0 radical (unpaired) electrons. The van der Waals surface area contributed by atoms with Gasteiger partial charge in [0.05, 0.1) is 23.1 Å². The first kappa shape index (κ1) is 16.4. The summed E-state index contributed by atoms with van der Waals surface area (Å²) in [5.74, 6) is 0.267. The average molecular weight is 302 g/mol. The molecular formula is C12H18N2O5S. The SMILES string of the molecule is CC[NH+](CC)C1CS(=O)(=O)c2ccccc21.O=[N+]([O-])[O-]. The molecule has 0 aliphatic carbocycles. The molecule has 1 aliphatic heterocycles. The van der Waals surface area contributed by atoms with E-state index in [9.17, 15) is 8.42 Å². The van der Waals surface area contributed by atoms with Gasteiger partial charge in [-0.2, -0.15) is 0 Å². The Balaban J connectivity index is 0.000000444. The van der Waals surface area contributed by atoms with E-state index in [1.807, 2.05) is 12.1 Å². The van der Waals surface area contributed by atoms with Crippen LogP contribution in [0, 0.1) is 15.3 Å². The van der Waals surface area contributed by atoms with Crippen molar-refractivity contribution in [3.63, 3.8) is 0 Å². The Labute approximate surface area is 117 Å². The summed E-state index contributed by atoms with van der Waals surface area (Å²) >= 11 is 0. The number of hydrogen-bond donors (Lipinski definition) is 1. The van der Waals surface area contributed by atoms with Crippen LogP contribution < -0.4 is 4.90 Å². The maximum absolute atomic E-state index is 12.0. The second-order valence-corrected chi connectivity index (χ2v) is 6.46. The third kappa shape index (κ3) is 3.67. The summed E-state index contributed by atoms with van der Waals surface area (Å²) in [6.07, 6.45) is 0. The molecule has 0 fully saturated rings. The largest absolute Gasteiger partial charge is 0.356 e. The highest BCUT2D eigenvalue weighted by Gasteiger charge is 2.39. The van der Waals surface area contributed by atoms with Crippen molar-refractivity contribution in [1.82, 2.24) is 0 Å². The number of nitrogens with one attached hydrogen (secondary N) is 1. The Hall–Kier alpha value is -1.67. The molecule has 0 amide bonds. The maximum atomic E-state index is 12.0. The first-order chi connectivity index (χ1) is 9.33. The normalized spacial score (nSPS) is 19.1. The van der Waals surface area contributed by atoms with E-state index in [-0.39, 0.29) is 11.8 Å². The van der Waals surface area contributed by atoms with E-state index in [0.717, 1.165) is 18.7 Å². The van der Waals surface area contributed by atoms with Gasteiger partial charge in [-0.3, -0.25) is 0 Å². The van der Waals surface area contributed by atoms with E-state index >= 15 is 0 Å². The first-order valence-corrected chi connectivity index (χ1v) is 7.96. The Morgan fingerprint density at radius 1 is 1.25 bits per heavy atom. The summed E-state index contributed by atoms with van der Waals surface area (Å²) in [5.41, 5.74) is 1.00. The van der Waals surface area contributed by atoms with E-state index in [2.05, 4.69) is 13.8 Å². The maximum Gasteiger partial charge on any atom is 0.185 e. The zero-order valence-corrected chi connectivity index (χ0v) is 12.2. The zero-order valence-electron chi connectivity index (χ0n) is 11.4. The van der Waals surface area contributed by atoms with Crippen molar-refractivity contribution in [2.45, 2.75) is 24.8 Å². The van der Waals surface area contributed by atoms with Gasteiger partial charge in [-0.05, 0) is 19.9 Å². The van der Waals surface area contributed by atoms with Crippen molar-refractivity contribution in [3.8, 4) is 0 Å². The molecule has 2 rings (SSSR count). The predicted molar refractivity (Wildman–Crippen MR) is 73.6 cm³/mol. The van der Waals surface area contributed by atoms with Crippen LogP contribution in [0.3, 0.4) is 0 Å². The molecule has 0 spiro atoms. The molecule has 0 saturated heterocycles. The van der Waals surface area contributed by atoms with Crippen LogP contribution in [0.4, 0.5) is 0 Å². The number of sulfone groups is 1. The van der Waals surface area contributed by atoms with Crippen LogP contribution >= 0.6 is 0 Å². The quantitative estimate of drug-likeness (QED) is 0.634. The second-order valence-electron chi connectivity index (χ2n) is 4.46. The van der Waals surface area contributed by atoms with E-state index < -0.39 is 14.9 Å². The minimum Gasteiger partial charge on any atom is -0.356 e. The summed E-state index contributed by atoms with van der Waals surface area (Å²) in [4.78, 5) is 10.1. The number of rotatable bonds is 3. The number of quaternary nitrogens is 1. The van der Waals surface area contributed by atoms with Gasteiger partial charge in [-0.15, -0.1) is 0 Å². The molecular weight excluding hydrogens is 284 g/mol. The zero-order chi connectivity index (χ0) is 15.3. The van der Waals surface area contributed by atoms with Crippen molar-refractivity contribution >= 4 is 9.84 Å². The van der Waals surface area contributed by atoms with E-state index in [1.165, 1.54) is 4.90 Å². The minimum atomic E-state index is -3.04. The Bertz CT molecular complexity index is 565. The average Bonchev–Trinajstić information content (AvgIpc) is 2.64. The minimum absolute atomic E-state index is 0.121. The van der Waals surface area contributed by atoms with Crippen LogP contribution in [0.15, 0.2) is 29.2 Å². The highest BCUT2D eigenvalue weighted by Crippen LogP contribution is 2.31. The number of fused-ring (bicyclic) bond motifs is 1. The van der Waals surface area contributed by atoms with E-state index in [1.54, 1.807) is 12.1 Å². The molecule has 0 saturated carbocycles. The Kier molecular flexibility index (Phi) is 5.46. The van der Waals surface area contributed by atoms with Gasteiger partial charge in [0.1, 0.15) is 11.8 Å². The van der Waals surface area contributed by atoms with Gasteiger partial charge in [0.15, 0.2) is 9.84 Å². The second kappa shape index (κ2) is 6.67. The Morgan fingerprint density at radius 2 is 1.75 bits per heavy atom. The van der Waals surface area contributed by atoms with Crippen LogP contribution in [-0.2, 0) is 9.84 Å². The van der Waals surface area contributed by atoms with E-state index in [0.29, 0.717) is 4.90 Å². The highest BCUT2D eigenvalue weighted by atomic mass is 32.2. The summed E-state index contributed by atoms with van der Waals surface area (Å²) in [6, 6.07) is 7.53. The lowest BCUT2D eigenvalue weighted by atomic mass is 10.1. The van der Waals surface area contributed by atoms with Crippen molar-refractivity contribution in [2.24, 2.45) is 0 Å². The number of hydrogen-bond acceptors (Lipinski definition) is 5. The molecule has 1 aromatic rings. The fourth-order valence-electron chi connectivity index (χ4n) is 2.53. The van der Waals surface area contributed by atoms with Crippen LogP contribution in [0.2, 0.25) is 0 Å². The van der Waals surface area contributed by atoms with Gasteiger partial charge >= 0.3 is 0 Å². The van der Waals surface area contributed by atoms with Crippen LogP contribution in [-0.4, -0.2) is 32.3 Å². The lowest BCUT2D eigenvalue weighted by Crippen LogP contribution is -3.12. The monoisotopic (exact) mass is 302 g/mol. The number of benzene rings is 1. The van der Waals surface area contributed by atoms with Gasteiger partial charge in [0, 0.05) is 5.56 Å². The Morgan fingerprint density at radius 3 is 2.25 bits per heavy atom. The lowest BCUT2D eigenvalue weighted by Gasteiger charge is -2.22. The molecule has 1 N–H and O–H groups in total. The van der Waals surface area contributed by atoms with Crippen LogP contribution in [0.5, 0.6) is 0 Å². The molecule has 7 nitrogen and oxygen atoms in total. The predicted octanol–water partition coefficient (Wildman–Crippen LogP) is 0.201. The molecule has 1 atom stereocenters.